The lowest BCUT2D eigenvalue weighted by molar-refractivity contribution is -0.210. The standard InChI is InChI=1S/C12H15ClF3NO2/c1-2-17-6-8-3-4-10(9(13)5-8)19-7-11(18)12(14,15)16/h3-5,11,17-18H,2,6-7H2,1H3. The lowest BCUT2D eigenvalue weighted by Crippen LogP contribution is -2.34. The highest BCUT2D eigenvalue weighted by molar-refractivity contribution is 6.32. The van der Waals surface area contributed by atoms with Crippen LogP contribution in [0.3, 0.4) is 0 Å². The second-order valence-corrected chi connectivity index (χ2v) is 4.32. The van der Waals surface area contributed by atoms with Crippen molar-refractivity contribution in [3.8, 4) is 5.75 Å². The topological polar surface area (TPSA) is 41.5 Å². The summed E-state index contributed by atoms with van der Waals surface area (Å²) in [6, 6.07) is 4.79. The summed E-state index contributed by atoms with van der Waals surface area (Å²) in [4.78, 5) is 0. The summed E-state index contributed by atoms with van der Waals surface area (Å²) in [7, 11) is 0. The van der Waals surface area contributed by atoms with Crippen LogP contribution in [0.2, 0.25) is 5.02 Å². The fourth-order valence-corrected chi connectivity index (χ4v) is 1.56. The highest BCUT2D eigenvalue weighted by Gasteiger charge is 2.38. The average Bonchev–Trinajstić information content (AvgIpc) is 2.33. The molecule has 0 amide bonds. The van der Waals surface area contributed by atoms with E-state index < -0.39 is 18.9 Å². The third-order valence-corrected chi connectivity index (χ3v) is 2.65. The summed E-state index contributed by atoms with van der Waals surface area (Å²) in [6.45, 7) is 2.49. The van der Waals surface area contributed by atoms with Crippen molar-refractivity contribution in [3.05, 3.63) is 28.8 Å². The lowest BCUT2D eigenvalue weighted by Gasteiger charge is -2.16. The molecule has 7 heteroatoms. The van der Waals surface area contributed by atoms with Crippen molar-refractivity contribution in [1.29, 1.82) is 0 Å². The van der Waals surface area contributed by atoms with Crippen molar-refractivity contribution in [1.82, 2.24) is 5.32 Å². The normalized spacial score (nSPS) is 13.4. The molecule has 0 heterocycles. The fraction of sp³-hybridized carbons (Fsp3) is 0.500. The van der Waals surface area contributed by atoms with E-state index in [1.54, 1.807) is 12.1 Å². The zero-order chi connectivity index (χ0) is 14.5. The van der Waals surface area contributed by atoms with E-state index in [1.165, 1.54) is 6.07 Å². The predicted octanol–water partition coefficient (Wildman–Crippen LogP) is 2.75. The molecule has 0 saturated heterocycles. The molecule has 1 aromatic rings. The third-order valence-electron chi connectivity index (χ3n) is 2.35. The number of ether oxygens (including phenoxy) is 1. The van der Waals surface area contributed by atoms with E-state index in [1.807, 2.05) is 6.92 Å². The van der Waals surface area contributed by atoms with Gasteiger partial charge < -0.3 is 15.2 Å². The molecule has 1 rings (SSSR count). The molecule has 1 unspecified atom stereocenters. The monoisotopic (exact) mass is 297 g/mol. The molecular weight excluding hydrogens is 283 g/mol. The molecule has 1 aromatic carbocycles. The fourth-order valence-electron chi connectivity index (χ4n) is 1.30. The van der Waals surface area contributed by atoms with Crippen LogP contribution in [0.25, 0.3) is 0 Å². The van der Waals surface area contributed by atoms with Crippen LogP contribution < -0.4 is 10.1 Å². The summed E-state index contributed by atoms with van der Waals surface area (Å²) in [5, 5.41) is 12.1. The Bertz CT molecular complexity index is 412. The van der Waals surface area contributed by atoms with Crippen LogP contribution in [0.5, 0.6) is 5.75 Å². The number of hydrogen-bond donors (Lipinski definition) is 2. The second kappa shape index (κ2) is 6.98. The summed E-state index contributed by atoms with van der Waals surface area (Å²) in [5.41, 5.74) is 0.899. The SMILES string of the molecule is CCNCc1ccc(OCC(O)C(F)(F)F)c(Cl)c1. The van der Waals surface area contributed by atoms with Crippen molar-refractivity contribution >= 4 is 11.6 Å². The maximum Gasteiger partial charge on any atom is 0.417 e. The minimum atomic E-state index is -4.70. The van der Waals surface area contributed by atoms with E-state index in [2.05, 4.69) is 5.32 Å². The maximum atomic E-state index is 12.1. The van der Waals surface area contributed by atoms with Crippen LogP contribution in [-0.2, 0) is 6.54 Å². The second-order valence-electron chi connectivity index (χ2n) is 3.91. The van der Waals surface area contributed by atoms with E-state index in [4.69, 9.17) is 21.4 Å². The van der Waals surface area contributed by atoms with Gasteiger partial charge >= 0.3 is 6.18 Å². The van der Waals surface area contributed by atoms with Crippen LogP contribution in [0.15, 0.2) is 18.2 Å². The van der Waals surface area contributed by atoms with Gasteiger partial charge in [-0.05, 0) is 24.2 Å². The molecular formula is C12H15ClF3NO2. The Morgan fingerprint density at radius 2 is 2.11 bits per heavy atom. The van der Waals surface area contributed by atoms with Gasteiger partial charge in [0.1, 0.15) is 12.4 Å². The summed E-state index contributed by atoms with van der Waals surface area (Å²) < 4.78 is 41.1. The van der Waals surface area contributed by atoms with Crippen LogP contribution in [0.1, 0.15) is 12.5 Å². The van der Waals surface area contributed by atoms with Crippen LogP contribution in [0.4, 0.5) is 13.2 Å². The predicted molar refractivity (Wildman–Crippen MR) is 66.4 cm³/mol. The molecule has 0 radical (unpaired) electrons. The minimum Gasteiger partial charge on any atom is -0.489 e. The number of aliphatic hydroxyl groups excluding tert-OH is 1. The molecule has 0 saturated carbocycles. The third kappa shape index (κ3) is 5.26. The number of benzene rings is 1. The molecule has 2 N–H and O–H groups in total. The van der Waals surface area contributed by atoms with Crippen LogP contribution in [-0.4, -0.2) is 30.5 Å². The zero-order valence-corrected chi connectivity index (χ0v) is 11.1. The molecule has 0 spiro atoms. The van der Waals surface area contributed by atoms with Gasteiger partial charge in [0.25, 0.3) is 0 Å². The first kappa shape index (κ1) is 16.1. The average molecular weight is 298 g/mol. The van der Waals surface area contributed by atoms with Gasteiger partial charge in [-0.25, -0.2) is 0 Å². The van der Waals surface area contributed by atoms with Gasteiger partial charge in [-0.2, -0.15) is 13.2 Å². The largest absolute Gasteiger partial charge is 0.489 e. The Morgan fingerprint density at radius 1 is 1.42 bits per heavy atom. The molecule has 0 fully saturated rings. The molecule has 0 aromatic heterocycles. The number of nitrogens with one attached hydrogen (secondary N) is 1. The molecule has 0 aliphatic heterocycles. The van der Waals surface area contributed by atoms with Crippen molar-refractivity contribution in [3.63, 3.8) is 0 Å². The van der Waals surface area contributed by atoms with E-state index in [-0.39, 0.29) is 10.8 Å². The van der Waals surface area contributed by atoms with Crippen LogP contribution in [0, 0.1) is 0 Å². The first-order valence-electron chi connectivity index (χ1n) is 5.71. The van der Waals surface area contributed by atoms with Gasteiger partial charge in [0.05, 0.1) is 5.02 Å². The zero-order valence-electron chi connectivity index (χ0n) is 10.3. The molecule has 0 aliphatic rings. The number of hydrogen-bond acceptors (Lipinski definition) is 3. The van der Waals surface area contributed by atoms with Gasteiger partial charge in [-0.15, -0.1) is 0 Å². The Balaban J connectivity index is 2.60. The van der Waals surface area contributed by atoms with Gasteiger partial charge in [0, 0.05) is 6.54 Å². The summed E-state index contributed by atoms with van der Waals surface area (Å²) in [5.74, 6) is 0.116. The molecule has 19 heavy (non-hydrogen) atoms. The van der Waals surface area contributed by atoms with E-state index in [0.717, 1.165) is 12.1 Å². The number of alkyl halides is 3. The van der Waals surface area contributed by atoms with Crippen molar-refractivity contribution in [2.75, 3.05) is 13.2 Å². The Kier molecular flexibility index (Phi) is 5.90. The first-order chi connectivity index (χ1) is 8.84. The van der Waals surface area contributed by atoms with E-state index in [0.29, 0.717) is 6.54 Å². The van der Waals surface area contributed by atoms with Crippen molar-refractivity contribution < 1.29 is 23.0 Å². The molecule has 108 valence electrons. The quantitative estimate of drug-likeness (QED) is 0.848. The number of aliphatic hydroxyl groups is 1. The summed E-state index contributed by atoms with van der Waals surface area (Å²) >= 11 is 5.89. The van der Waals surface area contributed by atoms with Gasteiger partial charge in [-0.3, -0.25) is 0 Å². The van der Waals surface area contributed by atoms with Gasteiger partial charge in [0.15, 0.2) is 6.10 Å². The van der Waals surface area contributed by atoms with E-state index >= 15 is 0 Å². The first-order valence-corrected chi connectivity index (χ1v) is 6.09. The highest BCUT2D eigenvalue weighted by atomic mass is 35.5. The maximum absolute atomic E-state index is 12.1. The molecule has 0 aliphatic carbocycles. The minimum absolute atomic E-state index is 0.116. The molecule has 3 nitrogen and oxygen atoms in total. The lowest BCUT2D eigenvalue weighted by atomic mass is 10.2. The van der Waals surface area contributed by atoms with Crippen molar-refractivity contribution in [2.45, 2.75) is 25.7 Å². The van der Waals surface area contributed by atoms with Crippen molar-refractivity contribution in [2.24, 2.45) is 0 Å². The van der Waals surface area contributed by atoms with Gasteiger partial charge in [-0.1, -0.05) is 24.6 Å². The van der Waals surface area contributed by atoms with Crippen LogP contribution >= 0.6 is 11.6 Å². The van der Waals surface area contributed by atoms with Gasteiger partial charge in [0.2, 0.25) is 0 Å². The number of rotatable bonds is 6. The summed E-state index contributed by atoms with van der Waals surface area (Å²) in [6.07, 6.45) is -7.22. The Morgan fingerprint density at radius 3 is 2.63 bits per heavy atom. The smallest absolute Gasteiger partial charge is 0.417 e. The molecule has 1 atom stereocenters. The highest BCUT2D eigenvalue weighted by Crippen LogP contribution is 2.27. The molecule has 0 bridgehead atoms. The van der Waals surface area contributed by atoms with E-state index in [9.17, 15) is 13.2 Å². The Labute approximate surface area is 114 Å². The number of halogens is 4. The Hall–Kier alpha value is -0.980.